The van der Waals surface area contributed by atoms with E-state index in [-0.39, 0.29) is 16.8 Å². The van der Waals surface area contributed by atoms with E-state index in [1.54, 1.807) is 12.1 Å². The standard InChI is InChI=1S/C15H7ClF3NO2/c16-12-7-8(5-6-11(12)15(17,18)19)20-13(21)9-3-1-2-4-10(9)14(20)22/h1-7H. The fraction of sp³-hybridized carbons (Fsp3) is 0.0667. The lowest BCUT2D eigenvalue weighted by molar-refractivity contribution is -0.137. The van der Waals surface area contributed by atoms with Gasteiger partial charge in [0.2, 0.25) is 0 Å². The van der Waals surface area contributed by atoms with Crippen molar-refractivity contribution in [3.63, 3.8) is 0 Å². The normalized spacial score (nSPS) is 14.5. The van der Waals surface area contributed by atoms with E-state index in [0.29, 0.717) is 0 Å². The molecule has 0 spiro atoms. The highest BCUT2D eigenvalue weighted by Crippen LogP contribution is 2.38. The van der Waals surface area contributed by atoms with Crippen molar-refractivity contribution in [1.29, 1.82) is 0 Å². The number of hydrogen-bond donors (Lipinski definition) is 0. The highest BCUT2D eigenvalue weighted by molar-refractivity contribution is 6.35. The lowest BCUT2D eigenvalue weighted by Gasteiger charge is -2.16. The van der Waals surface area contributed by atoms with Crippen LogP contribution in [0, 0.1) is 0 Å². The minimum atomic E-state index is -4.60. The van der Waals surface area contributed by atoms with Crippen LogP contribution < -0.4 is 4.90 Å². The van der Waals surface area contributed by atoms with Gasteiger partial charge in [-0.3, -0.25) is 9.59 Å². The minimum absolute atomic E-state index is 0.00389. The lowest BCUT2D eigenvalue weighted by Crippen LogP contribution is -2.29. The lowest BCUT2D eigenvalue weighted by atomic mass is 10.1. The SMILES string of the molecule is O=C1c2ccccc2C(=O)N1c1ccc(C(F)(F)F)c(Cl)c1. The number of benzene rings is 2. The highest BCUT2D eigenvalue weighted by atomic mass is 35.5. The molecule has 0 aromatic heterocycles. The van der Waals surface area contributed by atoms with Crippen molar-refractivity contribution in [2.75, 3.05) is 4.90 Å². The number of imide groups is 1. The number of rotatable bonds is 1. The molecule has 2 aromatic rings. The quantitative estimate of drug-likeness (QED) is 0.738. The molecule has 1 heterocycles. The van der Waals surface area contributed by atoms with Crippen LogP contribution >= 0.6 is 11.6 Å². The van der Waals surface area contributed by atoms with Gasteiger partial charge in [0.25, 0.3) is 11.8 Å². The molecule has 0 fully saturated rings. The summed E-state index contributed by atoms with van der Waals surface area (Å²) < 4.78 is 38.1. The number of halogens is 4. The third-order valence-corrected chi connectivity index (χ3v) is 3.62. The van der Waals surface area contributed by atoms with Crippen molar-refractivity contribution in [3.8, 4) is 0 Å². The van der Waals surface area contributed by atoms with Gasteiger partial charge in [-0.05, 0) is 30.3 Å². The molecule has 0 aliphatic carbocycles. The smallest absolute Gasteiger partial charge is 0.268 e. The first-order chi connectivity index (χ1) is 10.3. The molecule has 7 heteroatoms. The van der Waals surface area contributed by atoms with Crippen molar-refractivity contribution < 1.29 is 22.8 Å². The highest BCUT2D eigenvalue weighted by Gasteiger charge is 2.38. The minimum Gasteiger partial charge on any atom is -0.268 e. The summed E-state index contributed by atoms with van der Waals surface area (Å²) >= 11 is 5.63. The number of fused-ring (bicyclic) bond motifs is 1. The van der Waals surface area contributed by atoms with Crippen LogP contribution in [0.5, 0.6) is 0 Å². The summed E-state index contributed by atoms with van der Waals surface area (Å²) in [5.41, 5.74) is -0.592. The van der Waals surface area contributed by atoms with Crippen LogP contribution in [0.25, 0.3) is 0 Å². The van der Waals surface area contributed by atoms with Crippen molar-refractivity contribution in [2.24, 2.45) is 0 Å². The van der Waals surface area contributed by atoms with Crippen molar-refractivity contribution in [2.45, 2.75) is 6.18 Å². The summed E-state index contributed by atoms with van der Waals surface area (Å²) in [5.74, 6) is -1.17. The van der Waals surface area contributed by atoms with Crippen LogP contribution in [-0.4, -0.2) is 11.8 Å². The summed E-state index contributed by atoms with van der Waals surface area (Å²) in [6, 6.07) is 8.95. The zero-order chi connectivity index (χ0) is 16.1. The third kappa shape index (κ3) is 2.16. The maximum Gasteiger partial charge on any atom is 0.417 e. The molecule has 3 nitrogen and oxygen atoms in total. The molecule has 0 unspecified atom stereocenters. The summed E-state index contributed by atoms with van der Waals surface area (Å²) in [7, 11) is 0. The van der Waals surface area contributed by atoms with E-state index in [1.807, 2.05) is 0 Å². The second kappa shape index (κ2) is 4.84. The molecular formula is C15H7ClF3NO2. The Balaban J connectivity index is 2.05. The Morgan fingerprint density at radius 3 is 1.91 bits per heavy atom. The van der Waals surface area contributed by atoms with Gasteiger partial charge in [0, 0.05) is 0 Å². The topological polar surface area (TPSA) is 37.4 Å². The molecule has 0 radical (unpaired) electrons. The van der Waals surface area contributed by atoms with Crippen molar-refractivity contribution >= 4 is 29.1 Å². The Labute approximate surface area is 127 Å². The van der Waals surface area contributed by atoms with Gasteiger partial charge < -0.3 is 0 Å². The van der Waals surface area contributed by atoms with Crippen LogP contribution in [0.3, 0.4) is 0 Å². The second-order valence-corrected chi connectivity index (χ2v) is 5.06. The first kappa shape index (κ1) is 14.6. The fourth-order valence-corrected chi connectivity index (χ4v) is 2.58. The maximum absolute atomic E-state index is 12.7. The predicted molar refractivity (Wildman–Crippen MR) is 74.0 cm³/mol. The molecule has 0 saturated carbocycles. The van der Waals surface area contributed by atoms with Gasteiger partial charge in [-0.1, -0.05) is 23.7 Å². The van der Waals surface area contributed by atoms with Crippen LogP contribution in [0.1, 0.15) is 26.3 Å². The summed E-state index contributed by atoms with van der Waals surface area (Å²) in [6.07, 6.45) is -4.60. The van der Waals surface area contributed by atoms with E-state index in [0.717, 1.165) is 23.1 Å². The van der Waals surface area contributed by atoms with Gasteiger partial charge >= 0.3 is 6.18 Å². The van der Waals surface area contributed by atoms with Crippen molar-refractivity contribution in [1.82, 2.24) is 0 Å². The van der Waals surface area contributed by atoms with Crippen LogP contribution in [-0.2, 0) is 6.18 Å². The Bertz CT molecular complexity index is 767. The monoisotopic (exact) mass is 325 g/mol. The zero-order valence-electron chi connectivity index (χ0n) is 10.8. The van der Waals surface area contributed by atoms with Crippen LogP contribution in [0.2, 0.25) is 5.02 Å². The first-order valence-electron chi connectivity index (χ1n) is 6.15. The molecule has 0 atom stereocenters. The fourth-order valence-electron chi connectivity index (χ4n) is 2.30. The van der Waals surface area contributed by atoms with Crippen LogP contribution in [0.15, 0.2) is 42.5 Å². The van der Waals surface area contributed by atoms with E-state index in [1.165, 1.54) is 12.1 Å². The van der Waals surface area contributed by atoms with Gasteiger partial charge in [-0.15, -0.1) is 0 Å². The summed E-state index contributed by atoms with van der Waals surface area (Å²) in [5, 5.41) is -0.568. The van der Waals surface area contributed by atoms with Gasteiger partial charge in [-0.2, -0.15) is 13.2 Å². The number of nitrogens with zero attached hydrogens (tertiary/aromatic N) is 1. The number of anilines is 1. The molecule has 22 heavy (non-hydrogen) atoms. The number of alkyl halides is 3. The molecule has 1 aliphatic heterocycles. The van der Waals surface area contributed by atoms with E-state index < -0.39 is 28.6 Å². The van der Waals surface area contributed by atoms with Gasteiger partial charge in [0.15, 0.2) is 0 Å². The Kier molecular flexibility index (Phi) is 3.21. The molecule has 2 aromatic carbocycles. The predicted octanol–water partition coefficient (Wildman–Crippen LogP) is 4.16. The average Bonchev–Trinajstić information content (AvgIpc) is 2.70. The molecule has 0 N–H and O–H groups in total. The molecule has 2 amide bonds. The van der Waals surface area contributed by atoms with Gasteiger partial charge in [0.1, 0.15) is 0 Å². The van der Waals surface area contributed by atoms with E-state index >= 15 is 0 Å². The Morgan fingerprint density at radius 1 is 0.909 bits per heavy atom. The maximum atomic E-state index is 12.7. The molecule has 0 saturated heterocycles. The number of carbonyl (C=O) groups excluding carboxylic acids is 2. The second-order valence-electron chi connectivity index (χ2n) is 4.65. The summed E-state index contributed by atoms with van der Waals surface area (Å²) in [6.45, 7) is 0. The Hall–Kier alpha value is -2.34. The zero-order valence-corrected chi connectivity index (χ0v) is 11.6. The summed E-state index contributed by atoms with van der Waals surface area (Å²) in [4.78, 5) is 25.3. The molecule has 3 rings (SSSR count). The number of hydrogen-bond acceptors (Lipinski definition) is 2. The number of carbonyl (C=O) groups is 2. The van der Waals surface area contributed by atoms with Gasteiger partial charge in [-0.25, -0.2) is 4.90 Å². The largest absolute Gasteiger partial charge is 0.417 e. The van der Waals surface area contributed by atoms with E-state index in [4.69, 9.17) is 11.6 Å². The molecule has 1 aliphatic rings. The van der Waals surface area contributed by atoms with Crippen LogP contribution in [0.4, 0.5) is 18.9 Å². The Morgan fingerprint density at radius 2 is 1.45 bits per heavy atom. The van der Waals surface area contributed by atoms with Gasteiger partial charge in [0.05, 0.1) is 27.4 Å². The third-order valence-electron chi connectivity index (χ3n) is 3.31. The van der Waals surface area contributed by atoms with E-state index in [2.05, 4.69) is 0 Å². The number of amides is 2. The molecular weight excluding hydrogens is 319 g/mol. The molecule has 0 bridgehead atoms. The van der Waals surface area contributed by atoms with Crippen molar-refractivity contribution in [3.05, 3.63) is 64.2 Å². The van der Waals surface area contributed by atoms with E-state index in [9.17, 15) is 22.8 Å². The molecule has 112 valence electrons. The first-order valence-corrected chi connectivity index (χ1v) is 6.53. The average molecular weight is 326 g/mol.